The summed E-state index contributed by atoms with van der Waals surface area (Å²) in [5.41, 5.74) is 5.51. The highest BCUT2D eigenvalue weighted by Crippen LogP contribution is 2.29. The van der Waals surface area contributed by atoms with Crippen LogP contribution in [0.5, 0.6) is 11.5 Å². The van der Waals surface area contributed by atoms with Crippen molar-refractivity contribution >= 4 is 22.6 Å². The molecule has 2 aromatic carbocycles. The Morgan fingerprint density at radius 3 is 2.40 bits per heavy atom. The number of nitrogens with zero attached hydrogens (tertiary/aromatic N) is 3. The van der Waals surface area contributed by atoms with Gasteiger partial charge in [-0.15, -0.1) is 0 Å². The molecule has 0 saturated heterocycles. The Balaban J connectivity index is 1.63. The SMILES string of the molecule is COc1ccc(NC(=O)CCc2c(C)c3c(C)nn(-c4ccc(C)cc4)c3n(C)c2=O)c(OC)c1. The molecular formula is C27H30N4O4. The molecule has 0 radical (unpaired) electrons. The van der Waals surface area contributed by atoms with E-state index in [2.05, 4.69) is 5.32 Å². The summed E-state index contributed by atoms with van der Waals surface area (Å²) in [5.74, 6) is 0.932. The van der Waals surface area contributed by atoms with E-state index < -0.39 is 0 Å². The number of rotatable bonds is 7. The number of amides is 1. The number of nitrogens with one attached hydrogen (secondary N) is 1. The van der Waals surface area contributed by atoms with Gasteiger partial charge in [-0.2, -0.15) is 5.10 Å². The largest absolute Gasteiger partial charge is 0.497 e. The van der Waals surface area contributed by atoms with Crippen LogP contribution < -0.4 is 20.3 Å². The number of aryl methyl sites for hydroxylation is 4. The van der Waals surface area contributed by atoms with Gasteiger partial charge in [0.1, 0.15) is 17.1 Å². The summed E-state index contributed by atoms with van der Waals surface area (Å²) in [6.45, 7) is 5.90. The van der Waals surface area contributed by atoms with E-state index >= 15 is 0 Å². The van der Waals surface area contributed by atoms with Crippen molar-refractivity contribution in [3.63, 3.8) is 0 Å². The van der Waals surface area contributed by atoms with Crippen LogP contribution in [0.2, 0.25) is 0 Å². The first-order chi connectivity index (χ1) is 16.7. The number of hydrogen-bond acceptors (Lipinski definition) is 5. The molecule has 0 aliphatic rings. The minimum absolute atomic E-state index is 0.127. The summed E-state index contributed by atoms with van der Waals surface area (Å²) in [4.78, 5) is 26.1. The lowest BCUT2D eigenvalue weighted by Gasteiger charge is -2.14. The van der Waals surface area contributed by atoms with E-state index in [4.69, 9.17) is 14.6 Å². The summed E-state index contributed by atoms with van der Waals surface area (Å²) < 4.78 is 14.0. The van der Waals surface area contributed by atoms with Crippen LogP contribution >= 0.6 is 0 Å². The average Bonchev–Trinajstić information content (AvgIpc) is 3.20. The van der Waals surface area contributed by atoms with Crippen LogP contribution in [0, 0.1) is 20.8 Å². The number of hydrogen-bond donors (Lipinski definition) is 1. The van der Waals surface area contributed by atoms with Gasteiger partial charge in [0.15, 0.2) is 0 Å². The van der Waals surface area contributed by atoms with Gasteiger partial charge >= 0.3 is 0 Å². The molecule has 4 rings (SSSR count). The van der Waals surface area contributed by atoms with Crippen LogP contribution in [0.1, 0.15) is 28.8 Å². The fourth-order valence-corrected chi connectivity index (χ4v) is 4.39. The Labute approximate surface area is 204 Å². The van der Waals surface area contributed by atoms with Crippen molar-refractivity contribution in [1.29, 1.82) is 0 Å². The van der Waals surface area contributed by atoms with Gasteiger partial charge in [0.05, 0.1) is 31.3 Å². The molecule has 8 heteroatoms. The predicted octanol–water partition coefficient (Wildman–Crippen LogP) is 4.24. The summed E-state index contributed by atoms with van der Waals surface area (Å²) in [5, 5.41) is 8.53. The average molecular weight is 475 g/mol. The van der Waals surface area contributed by atoms with E-state index in [1.807, 2.05) is 49.7 Å². The van der Waals surface area contributed by atoms with E-state index in [9.17, 15) is 9.59 Å². The third kappa shape index (κ3) is 4.51. The molecule has 1 N–H and O–H groups in total. The summed E-state index contributed by atoms with van der Waals surface area (Å²) in [7, 11) is 4.85. The molecule has 0 bridgehead atoms. The third-order valence-corrected chi connectivity index (χ3v) is 6.31. The van der Waals surface area contributed by atoms with Gasteiger partial charge in [-0.3, -0.25) is 14.2 Å². The number of methoxy groups -OCH3 is 2. The van der Waals surface area contributed by atoms with Crippen molar-refractivity contribution in [3.8, 4) is 17.2 Å². The molecular weight excluding hydrogens is 444 g/mol. The lowest BCUT2D eigenvalue weighted by atomic mass is 10.0. The normalized spacial score (nSPS) is 11.0. The van der Waals surface area contributed by atoms with Gasteiger partial charge in [0.2, 0.25) is 5.91 Å². The molecule has 2 aromatic heterocycles. The monoisotopic (exact) mass is 474 g/mol. The lowest BCUT2D eigenvalue weighted by molar-refractivity contribution is -0.116. The van der Waals surface area contributed by atoms with Gasteiger partial charge in [0, 0.05) is 30.5 Å². The molecule has 0 fully saturated rings. The number of pyridine rings is 1. The molecule has 8 nitrogen and oxygen atoms in total. The first-order valence-corrected chi connectivity index (χ1v) is 11.4. The van der Waals surface area contributed by atoms with Crippen LogP contribution in [0.4, 0.5) is 5.69 Å². The van der Waals surface area contributed by atoms with Gasteiger partial charge in [-0.25, -0.2) is 4.68 Å². The maximum atomic E-state index is 13.3. The van der Waals surface area contributed by atoms with E-state index in [0.29, 0.717) is 29.2 Å². The molecule has 182 valence electrons. The fraction of sp³-hybridized carbons (Fsp3) is 0.296. The number of ether oxygens (including phenoxy) is 2. The number of carbonyl (C=O) groups excluding carboxylic acids is 1. The highest BCUT2D eigenvalue weighted by molar-refractivity contribution is 5.93. The Bertz CT molecular complexity index is 1470. The fourth-order valence-electron chi connectivity index (χ4n) is 4.39. The first-order valence-electron chi connectivity index (χ1n) is 11.4. The molecule has 2 heterocycles. The van der Waals surface area contributed by atoms with Crippen molar-refractivity contribution in [2.45, 2.75) is 33.6 Å². The number of benzene rings is 2. The van der Waals surface area contributed by atoms with Crippen LogP contribution in [0.3, 0.4) is 0 Å². The van der Waals surface area contributed by atoms with Crippen LogP contribution in [-0.4, -0.2) is 34.5 Å². The first kappa shape index (κ1) is 24.1. The molecule has 0 unspecified atom stereocenters. The second kappa shape index (κ2) is 9.66. The lowest BCUT2D eigenvalue weighted by Crippen LogP contribution is -2.25. The van der Waals surface area contributed by atoms with Crippen molar-refractivity contribution < 1.29 is 14.3 Å². The smallest absolute Gasteiger partial charge is 0.255 e. The molecule has 0 spiro atoms. The number of carbonyl (C=O) groups is 1. The summed E-state index contributed by atoms with van der Waals surface area (Å²) >= 11 is 0. The maximum absolute atomic E-state index is 13.3. The summed E-state index contributed by atoms with van der Waals surface area (Å²) in [6.07, 6.45) is 0.468. The Hall–Kier alpha value is -4.07. The van der Waals surface area contributed by atoms with Crippen LogP contribution in [0.15, 0.2) is 47.3 Å². The highest BCUT2D eigenvalue weighted by atomic mass is 16.5. The Kier molecular flexibility index (Phi) is 6.64. The molecule has 0 aliphatic heterocycles. The molecule has 4 aromatic rings. The van der Waals surface area contributed by atoms with Gasteiger partial charge in [-0.1, -0.05) is 17.7 Å². The van der Waals surface area contributed by atoms with Crippen molar-refractivity contribution in [2.75, 3.05) is 19.5 Å². The summed E-state index contributed by atoms with van der Waals surface area (Å²) in [6, 6.07) is 13.2. The molecule has 1 amide bonds. The molecule has 0 atom stereocenters. The van der Waals surface area contributed by atoms with E-state index in [-0.39, 0.29) is 17.9 Å². The molecule has 0 saturated carbocycles. The van der Waals surface area contributed by atoms with Crippen LogP contribution in [-0.2, 0) is 18.3 Å². The topological polar surface area (TPSA) is 87.4 Å². The highest BCUT2D eigenvalue weighted by Gasteiger charge is 2.20. The van der Waals surface area contributed by atoms with Crippen molar-refractivity contribution in [1.82, 2.24) is 14.3 Å². The van der Waals surface area contributed by atoms with E-state index in [0.717, 1.165) is 33.5 Å². The minimum Gasteiger partial charge on any atom is -0.497 e. The number of fused-ring (bicyclic) bond motifs is 1. The zero-order valence-electron chi connectivity index (χ0n) is 20.9. The third-order valence-electron chi connectivity index (χ3n) is 6.31. The van der Waals surface area contributed by atoms with Crippen molar-refractivity contribution in [2.24, 2.45) is 7.05 Å². The van der Waals surface area contributed by atoms with E-state index in [1.165, 1.54) is 7.11 Å². The standard InChI is InChI=1S/C27H30N4O4/c1-16-7-9-19(10-8-16)31-26-25(18(3)29-31)17(2)21(27(33)30(26)4)12-14-24(32)28-22-13-11-20(34-5)15-23(22)35-6/h7-11,13,15H,12,14H2,1-6H3,(H,28,32). The Morgan fingerprint density at radius 2 is 1.74 bits per heavy atom. The van der Waals surface area contributed by atoms with E-state index in [1.54, 1.807) is 36.9 Å². The number of anilines is 1. The van der Waals surface area contributed by atoms with Crippen LogP contribution in [0.25, 0.3) is 16.7 Å². The molecule has 0 aliphatic carbocycles. The molecule has 35 heavy (non-hydrogen) atoms. The Morgan fingerprint density at radius 1 is 1.03 bits per heavy atom. The minimum atomic E-state index is -0.206. The zero-order chi connectivity index (χ0) is 25.3. The van der Waals surface area contributed by atoms with Crippen molar-refractivity contribution in [3.05, 3.63) is 75.2 Å². The zero-order valence-corrected chi connectivity index (χ0v) is 20.9. The second-order valence-electron chi connectivity index (χ2n) is 8.61. The quantitative estimate of drug-likeness (QED) is 0.433. The van der Waals surface area contributed by atoms with Gasteiger partial charge < -0.3 is 14.8 Å². The second-order valence-corrected chi connectivity index (χ2v) is 8.61. The predicted molar refractivity (Wildman–Crippen MR) is 137 cm³/mol. The van der Waals surface area contributed by atoms with Gasteiger partial charge in [0.25, 0.3) is 5.56 Å². The number of aromatic nitrogens is 3. The maximum Gasteiger partial charge on any atom is 0.255 e. The van der Waals surface area contributed by atoms with Gasteiger partial charge in [-0.05, 0) is 57.0 Å².